The number of hydrogen-bond acceptors (Lipinski definition) is 7. The number of carbonyl (C=O) groups excluding carboxylic acids is 1. The number of aromatic nitrogens is 4. The van der Waals surface area contributed by atoms with Crippen molar-refractivity contribution < 1.29 is 18.7 Å². The molecule has 0 aromatic carbocycles. The van der Waals surface area contributed by atoms with Crippen LogP contribution in [0.3, 0.4) is 0 Å². The molecule has 0 amide bonds. The Hall–Kier alpha value is -2.89. The minimum atomic E-state index is -0.619. The molecule has 1 saturated heterocycles. The van der Waals surface area contributed by atoms with Crippen molar-refractivity contribution in [2.75, 3.05) is 6.61 Å². The molecular weight excluding hydrogens is 384 g/mol. The molecule has 144 valence electrons. The maximum Gasteiger partial charge on any atom is 0.303 e. The first kappa shape index (κ1) is 18.5. The number of rotatable bonds is 3. The number of halogens is 1. The topological polar surface area (TPSA) is 92.3 Å². The Kier molecular flexibility index (Phi) is 5.03. The lowest BCUT2D eigenvalue weighted by molar-refractivity contribution is -0.151. The van der Waals surface area contributed by atoms with Gasteiger partial charge in [0.1, 0.15) is 11.6 Å². The van der Waals surface area contributed by atoms with Gasteiger partial charge in [0, 0.05) is 19.8 Å². The van der Waals surface area contributed by atoms with Crippen molar-refractivity contribution in [3.63, 3.8) is 0 Å². The molecule has 0 spiro atoms. The molecule has 0 N–H and O–H groups in total. The van der Waals surface area contributed by atoms with Crippen molar-refractivity contribution in [1.82, 2.24) is 19.5 Å². The molecule has 1 aliphatic heterocycles. The van der Waals surface area contributed by atoms with E-state index < -0.39 is 12.3 Å². The van der Waals surface area contributed by atoms with E-state index >= 15 is 0 Å². The molecule has 28 heavy (non-hydrogen) atoms. The normalized spacial score (nSPS) is 18.8. The van der Waals surface area contributed by atoms with Gasteiger partial charge in [-0.25, -0.2) is 15.0 Å². The summed E-state index contributed by atoms with van der Waals surface area (Å²) in [7, 11) is 0. The molecule has 0 bridgehead atoms. The van der Waals surface area contributed by atoms with E-state index in [9.17, 15) is 4.79 Å². The van der Waals surface area contributed by atoms with Crippen LogP contribution in [0.4, 0.5) is 0 Å². The number of furan rings is 1. The van der Waals surface area contributed by atoms with Gasteiger partial charge in [-0.1, -0.05) is 24.4 Å². The molecule has 2 atom stereocenters. The zero-order chi connectivity index (χ0) is 19.7. The van der Waals surface area contributed by atoms with E-state index in [0.29, 0.717) is 42.2 Å². The molecule has 0 saturated carbocycles. The number of esters is 1. The first-order valence-electron chi connectivity index (χ1n) is 8.85. The molecule has 1 aliphatic rings. The summed E-state index contributed by atoms with van der Waals surface area (Å²) in [6.07, 6.45) is 1.66. The Morgan fingerprint density at radius 1 is 1.43 bits per heavy atom. The van der Waals surface area contributed by atoms with Gasteiger partial charge < -0.3 is 13.9 Å². The number of carbonyl (C=O) groups is 1. The monoisotopic (exact) mass is 400 g/mol. The second kappa shape index (κ2) is 7.62. The zero-order valence-corrected chi connectivity index (χ0v) is 16.1. The highest BCUT2D eigenvalue weighted by Crippen LogP contribution is 2.36. The molecule has 0 unspecified atom stereocenters. The lowest BCUT2D eigenvalue weighted by Gasteiger charge is -2.21. The quantitative estimate of drug-likeness (QED) is 0.378. The number of nitrogens with zero attached hydrogens (tertiary/aromatic N) is 4. The summed E-state index contributed by atoms with van der Waals surface area (Å²) in [5, 5.41) is 0.180. The van der Waals surface area contributed by atoms with Crippen LogP contribution in [-0.4, -0.2) is 38.2 Å². The van der Waals surface area contributed by atoms with Crippen LogP contribution < -0.4 is 0 Å². The van der Waals surface area contributed by atoms with Gasteiger partial charge in [0.25, 0.3) is 0 Å². The van der Waals surface area contributed by atoms with Gasteiger partial charge in [-0.15, -0.1) is 0 Å². The Morgan fingerprint density at radius 3 is 3.00 bits per heavy atom. The maximum absolute atomic E-state index is 11.5. The fourth-order valence-electron chi connectivity index (χ4n) is 3.11. The molecule has 9 heteroatoms. The summed E-state index contributed by atoms with van der Waals surface area (Å²) >= 11 is 6.36. The van der Waals surface area contributed by atoms with Crippen molar-refractivity contribution in [3.05, 3.63) is 29.4 Å². The van der Waals surface area contributed by atoms with E-state index in [0.717, 1.165) is 0 Å². The van der Waals surface area contributed by atoms with Crippen LogP contribution in [0, 0.1) is 11.8 Å². The first-order chi connectivity index (χ1) is 13.6. The van der Waals surface area contributed by atoms with Gasteiger partial charge >= 0.3 is 5.97 Å². The third-order valence-corrected chi connectivity index (χ3v) is 4.46. The summed E-state index contributed by atoms with van der Waals surface area (Å²) in [6.45, 7) is 3.73. The van der Waals surface area contributed by atoms with E-state index in [1.807, 2.05) is 6.92 Å². The Bertz CT molecular complexity index is 1080. The van der Waals surface area contributed by atoms with E-state index in [1.54, 1.807) is 23.0 Å². The highest BCUT2D eigenvalue weighted by Gasteiger charge is 2.36. The zero-order valence-electron chi connectivity index (χ0n) is 15.3. The second-order valence-electron chi connectivity index (χ2n) is 6.15. The van der Waals surface area contributed by atoms with Gasteiger partial charge in [-0.3, -0.25) is 9.36 Å². The summed E-state index contributed by atoms with van der Waals surface area (Å²) in [5.74, 6) is 6.69. The van der Waals surface area contributed by atoms with Crippen LogP contribution in [0.2, 0.25) is 5.15 Å². The van der Waals surface area contributed by atoms with Crippen molar-refractivity contribution >= 4 is 28.7 Å². The first-order valence-corrected chi connectivity index (χ1v) is 9.23. The summed E-state index contributed by atoms with van der Waals surface area (Å²) in [6, 6.07) is 3.52. The average Bonchev–Trinajstić information content (AvgIpc) is 3.38. The highest BCUT2D eigenvalue weighted by atomic mass is 35.5. The molecule has 1 fully saturated rings. The fraction of sp³-hybridized carbons (Fsp3) is 0.368. The van der Waals surface area contributed by atoms with Crippen LogP contribution in [-0.2, 0) is 14.3 Å². The van der Waals surface area contributed by atoms with Gasteiger partial charge in [0.05, 0.1) is 12.9 Å². The van der Waals surface area contributed by atoms with Crippen LogP contribution >= 0.6 is 11.6 Å². The van der Waals surface area contributed by atoms with Crippen molar-refractivity contribution in [3.8, 4) is 23.4 Å². The molecule has 4 heterocycles. The van der Waals surface area contributed by atoms with E-state index in [2.05, 4.69) is 26.8 Å². The number of fused-ring (bicyclic) bond motifs is 1. The standard InChI is InChI=1S/C19H17ClN4O4/c1-3-4-7-14-21-16(20)15-18(22-14)24(17(23-15)12-6-5-9-26-12)19-13(8-10-27-19)28-11(2)25/h5-6,9,13,19H,3,8,10H2,1-2H3/t13-,19-/m1/s1. The number of ether oxygens (including phenoxy) is 2. The minimum absolute atomic E-state index is 0.180. The summed E-state index contributed by atoms with van der Waals surface area (Å²) < 4.78 is 18.6. The Morgan fingerprint density at radius 2 is 2.29 bits per heavy atom. The smallest absolute Gasteiger partial charge is 0.303 e. The van der Waals surface area contributed by atoms with Gasteiger partial charge in [0.15, 0.2) is 28.6 Å². The van der Waals surface area contributed by atoms with Crippen LogP contribution in [0.25, 0.3) is 22.7 Å². The highest BCUT2D eigenvalue weighted by molar-refractivity contribution is 6.33. The minimum Gasteiger partial charge on any atom is -0.461 e. The van der Waals surface area contributed by atoms with Crippen LogP contribution in [0.5, 0.6) is 0 Å². The third-order valence-electron chi connectivity index (χ3n) is 4.20. The SMILES string of the molecule is CCC#Cc1nc(Cl)c2nc(-c3ccco3)n([C@@H]3OCC[C@H]3OC(C)=O)c2n1. The van der Waals surface area contributed by atoms with Crippen molar-refractivity contribution in [2.24, 2.45) is 0 Å². The molecule has 0 aliphatic carbocycles. The fourth-order valence-corrected chi connectivity index (χ4v) is 3.32. The predicted octanol–water partition coefficient (Wildman–Crippen LogP) is 3.35. The Balaban J connectivity index is 1.94. The van der Waals surface area contributed by atoms with Gasteiger partial charge in [-0.05, 0) is 18.1 Å². The lowest BCUT2D eigenvalue weighted by atomic mass is 10.2. The third kappa shape index (κ3) is 3.35. The molecular formula is C19H17ClN4O4. The van der Waals surface area contributed by atoms with Gasteiger partial charge in [0.2, 0.25) is 5.82 Å². The van der Waals surface area contributed by atoms with E-state index in [-0.39, 0.29) is 16.9 Å². The molecule has 0 radical (unpaired) electrons. The maximum atomic E-state index is 11.5. The summed E-state index contributed by atoms with van der Waals surface area (Å²) in [5.41, 5.74) is 0.836. The van der Waals surface area contributed by atoms with Crippen molar-refractivity contribution in [2.45, 2.75) is 39.0 Å². The predicted molar refractivity (Wildman–Crippen MR) is 100 cm³/mol. The van der Waals surface area contributed by atoms with Crippen LogP contribution in [0.15, 0.2) is 22.8 Å². The average molecular weight is 401 g/mol. The molecule has 3 aromatic heterocycles. The van der Waals surface area contributed by atoms with E-state index in [4.69, 9.17) is 25.5 Å². The molecule has 8 nitrogen and oxygen atoms in total. The Labute approximate surface area is 165 Å². The lowest BCUT2D eigenvalue weighted by Crippen LogP contribution is -2.25. The molecule has 3 aromatic rings. The second-order valence-corrected chi connectivity index (χ2v) is 6.50. The number of hydrogen-bond donors (Lipinski definition) is 0. The number of imidazole rings is 1. The largest absolute Gasteiger partial charge is 0.461 e. The van der Waals surface area contributed by atoms with Gasteiger partial charge in [-0.2, -0.15) is 0 Å². The molecule has 4 rings (SSSR count). The summed E-state index contributed by atoms with van der Waals surface area (Å²) in [4.78, 5) is 24.9. The van der Waals surface area contributed by atoms with Crippen molar-refractivity contribution in [1.29, 1.82) is 0 Å². The van der Waals surface area contributed by atoms with E-state index in [1.165, 1.54) is 6.92 Å². The van der Waals surface area contributed by atoms with Crippen LogP contribution in [0.1, 0.15) is 38.7 Å².